The van der Waals surface area contributed by atoms with Crippen molar-refractivity contribution in [2.75, 3.05) is 5.32 Å². The minimum atomic E-state index is -0.181. The molecule has 132 valence electrons. The van der Waals surface area contributed by atoms with Gasteiger partial charge >= 0.3 is 0 Å². The highest BCUT2D eigenvalue weighted by atomic mass is 32.1. The lowest BCUT2D eigenvalue weighted by molar-refractivity contribution is -0.111. The largest absolute Gasteiger partial charge is 0.323 e. The number of rotatable bonds is 5. The van der Waals surface area contributed by atoms with Gasteiger partial charge in [-0.15, -0.1) is 16.4 Å². The number of nitrogens with zero attached hydrogens (tertiary/aromatic N) is 4. The number of amides is 1. The van der Waals surface area contributed by atoms with Gasteiger partial charge in [0, 0.05) is 21.5 Å². The van der Waals surface area contributed by atoms with Crippen molar-refractivity contribution < 1.29 is 4.79 Å². The third-order valence-electron chi connectivity index (χ3n) is 3.83. The van der Waals surface area contributed by atoms with Crippen molar-refractivity contribution >= 4 is 29.0 Å². The third kappa shape index (κ3) is 4.16. The molecule has 0 atom stereocenters. The van der Waals surface area contributed by atoms with Crippen LogP contribution in [0.2, 0.25) is 0 Å². The highest BCUT2D eigenvalue weighted by molar-refractivity contribution is 7.16. The predicted octanol–water partition coefficient (Wildman–Crippen LogP) is 4.04. The molecule has 0 fully saturated rings. The molecule has 2 heterocycles. The Morgan fingerprint density at radius 2 is 1.81 bits per heavy atom. The number of aromatic nitrogens is 4. The van der Waals surface area contributed by atoms with Crippen LogP contribution >= 0.6 is 11.3 Å². The van der Waals surface area contributed by atoms with Crippen LogP contribution < -0.4 is 5.32 Å². The molecule has 0 aliphatic carbocycles. The number of tetrazole rings is 1. The predicted molar refractivity (Wildman–Crippen MR) is 107 cm³/mol. The Kier molecular flexibility index (Phi) is 4.84. The van der Waals surface area contributed by atoms with E-state index in [4.69, 9.17) is 0 Å². The zero-order valence-electron chi connectivity index (χ0n) is 14.2. The summed E-state index contributed by atoms with van der Waals surface area (Å²) < 4.78 is 1.55. The fourth-order valence-corrected chi connectivity index (χ4v) is 3.43. The lowest BCUT2D eigenvalue weighted by Gasteiger charge is -2.03. The Morgan fingerprint density at radius 1 is 1.00 bits per heavy atom. The molecule has 4 aromatic rings. The molecule has 0 unspecified atom stereocenters. The van der Waals surface area contributed by atoms with E-state index in [9.17, 15) is 4.79 Å². The van der Waals surface area contributed by atoms with E-state index in [1.165, 1.54) is 22.8 Å². The standard InChI is InChI=1S/C20H15N5OS/c26-20(22-16-6-8-17(9-7-16)25-14-21-23-24-25)13-11-18-10-12-19(27-18)15-4-2-1-3-5-15/h1-14H,(H,22,26)/b13-11+. The second-order valence-corrected chi connectivity index (χ2v) is 6.81. The van der Waals surface area contributed by atoms with Gasteiger partial charge in [-0.3, -0.25) is 4.79 Å². The van der Waals surface area contributed by atoms with E-state index < -0.39 is 0 Å². The molecule has 0 aliphatic rings. The summed E-state index contributed by atoms with van der Waals surface area (Å²) in [6.45, 7) is 0. The Hall–Kier alpha value is -3.58. The monoisotopic (exact) mass is 373 g/mol. The highest BCUT2D eigenvalue weighted by Gasteiger charge is 2.03. The first-order valence-electron chi connectivity index (χ1n) is 8.26. The minimum Gasteiger partial charge on any atom is -0.323 e. The molecule has 27 heavy (non-hydrogen) atoms. The Morgan fingerprint density at radius 3 is 2.56 bits per heavy atom. The molecule has 0 saturated carbocycles. The summed E-state index contributed by atoms with van der Waals surface area (Å²) in [5.41, 5.74) is 2.70. The molecule has 0 saturated heterocycles. The van der Waals surface area contributed by atoms with Gasteiger partial charge in [-0.25, -0.2) is 4.68 Å². The Labute approximate surface area is 159 Å². The quantitative estimate of drug-likeness (QED) is 0.536. The molecule has 7 heteroatoms. The number of hydrogen-bond donors (Lipinski definition) is 1. The van der Waals surface area contributed by atoms with Gasteiger partial charge in [0.05, 0.1) is 5.69 Å². The van der Waals surface area contributed by atoms with E-state index in [0.717, 1.165) is 10.6 Å². The van der Waals surface area contributed by atoms with Gasteiger partial charge in [0.2, 0.25) is 5.91 Å². The van der Waals surface area contributed by atoms with Crippen LogP contribution in [0.1, 0.15) is 4.88 Å². The maximum Gasteiger partial charge on any atom is 0.248 e. The van der Waals surface area contributed by atoms with Crippen LogP contribution in [-0.2, 0) is 4.79 Å². The van der Waals surface area contributed by atoms with Crippen LogP contribution in [-0.4, -0.2) is 26.1 Å². The Balaban J connectivity index is 1.38. The second-order valence-electron chi connectivity index (χ2n) is 5.69. The van der Waals surface area contributed by atoms with Gasteiger partial charge < -0.3 is 5.32 Å². The van der Waals surface area contributed by atoms with E-state index in [1.807, 2.05) is 42.5 Å². The average Bonchev–Trinajstić information content (AvgIpc) is 3.40. The summed E-state index contributed by atoms with van der Waals surface area (Å²) >= 11 is 1.65. The molecular formula is C20H15N5OS. The normalized spacial score (nSPS) is 11.0. The number of nitrogens with one attached hydrogen (secondary N) is 1. The summed E-state index contributed by atoms with van der Waals surface area (Å²) in [5, 5.41) is 13.9. The van der Waals surface area contributed by atoms with Crippen LogP contribution in [0.5, 0.6) is 0 Å². The molecule has 2 aromatic heterocycles. The van der Waals surface area contributed by atoms with Gasteiger partial charge in [-0.05, 0) is 58.5 Å². The van der Waals surface area contributed by atoms with Crippen LogP contribution in [0.4, 0.5) is 5.69 Å². The summed E-state index contributed by atoms with van der Waals surface area (Å²) in [5.74, 6) is -0.181. The molecule has 4 rings (SSSR count). The van der Waals surface area contributed by atoms with E-state index in [0.29, 0.717) is 5.69 Å². The number of carbonyl (C=O) groups is 1. The topological polar surface area (TPSA) is 72.7 Å². The van der Waals surface area contributed by atoms with E-state index in [1.54, 1.807) is 28.2 Å². The van der Waals surface area contributed by atoms with E-state index in [-0.39, 0.29) is 5.91 Å². The summed E-state index contributed by atoms with van der Waals surface area (Å²) in [7, 11) is 0. The van der Waals surface area contributed by atoms with E-state index in [2.05, 4.69) is 39.0 Å². The SMILES string of the molecule is O=C(/C=C/c1ccc(-c2ccccc2)s1)Nc1ccc(-n2cnnn2)cc1. The van der Waals surface area contributed by atoms with Crippen LogP contribution in [0.25, 0.3) is 22.2 Å². The molecule has 0 aliphatic heterocycles. The van der Waals surface area contributed by atoms with Gasteiger partial charge in [0.15, 0.2) is 0 Å². The van der Waals surface area contributed by atoms with Crippen molar-refractivity contribution in [2.45, 2.75) is 0 Å². The van der Waals surface area contributed by atoms with Crippen LogP contribution in [0.3, 0.4) is 0 Å². The van der Waals surface area contributed by atoms with Crippen molar-refractivity contribution in [1.82, 2.24) is 20.2 Å². The van der Waals surface area contributed by atoms with Crippen LogP contribution in [0.15, 0.2) is 79.1 Å². The summed E-state index contributed by atoms with van der Waals surface area (Å²) in [4.78, 5) is 14.3. The molecule has 6 nitrogen and oxygen atoms in total. The maximum atomic E-state index is 12.1. The maximum absolute atomic E-state index is 12.1. The van der Waals surface area contributed by atoms with Gasteiger partial charge in [-0.1, -0.05) is 30.3 Å². The zero-order valence-corrected chi connectivity index (χ0v) is 15.0. The molecule has 1 N–H and O–H groups in total. The zero-order chi connectivity index (χ0) is 18.5. The second kappa shape index (κ2) is 7.76. The summed E-state index contributed by atoms with van der Waals surface area (Å²) in [6, 6.07) is 21.5. The van der Waals surface area contributed by atoms with E-state index >= 15 is 0 Å². The van der Waals surface area contributed by atoms with Gasteiger partial charge in [0.25, 0.3) is 0 Å². The van der Waals surface area contributed by atoms with Crippen LogP contribution in [0, 0.1) is 0 Å². The first-order valence-corrected chi connectivity index (χ1v) is 9.07. The highest BCUT2D eigenvalue weighted by Crippen LogP contribution is 2.28. The smallest absolute Gasteiger partial charge is 0.248 e. The van der Waals surface area contributed by atoms with Crippen molar-refractivity contribution in [2.24, 2.45) is 0 Å². The van der Waals surface area contributed by atoms with Gasteiger partial charge in [0.1, 0.15) is 6.33 Å². The number of benzene rings is 2. The molecule has 0 spiro atoms. The first kappa shape index (κ1) is 16.9. The fraction of sp³-hybridized carbons (Fsp3) is 0. The number of hydrogen-bond acceptors (Lipinski definition) is 5. The fourth-order valence-electron chi connectivity index (χ4n) is 2.52. The summed E-state index contributed by atoms with van der Waals surface area (Å²) in [6.07, 6.45) is 4.87. The molecule has 0 radical (unpaired) electrons. The number of anilines is 1. The lowest BCUT2D eigenvalue weighted by atomic mass is 10.2. The molecule has 1 amide bonds. The molecule has 2 aromatic carbocycles. The average molecular weight is 373 g/mol. The third-order valence-corrected chi connectivity index (χ3v) is 4.93. The molecule has 0 bridgehead atoms. The van der Waals surface area contributed by atoms with Crippen molar-refractivity contribution in [3.8, 4) is 16.1 Å². The van der Waals surface area contributed by atoms with Crippen molar-refractivity contribution in [1.29, 1.82) is 0 Å². The molecular weight excluding hydrogens is 358 g/mol. The first-order chi connectivity index (χ1) is 13.3. The Bertz CT molecular complexity index is 1050. The number of thiophene rings is 1. The van der Waals surface area contributed by atoms with Crippen molar-refractivity contribution in [3.63, 3.8) is 0 Å². The number of carbonyl (C=O) groups excluding carboxylic acids is 1. The van der Waals surface area contributed by atoms with Crippen molar-refractivity contribution in [3.05, 3.63) is 84.0 Å². The lowest BCUT2D eigenvalue weighted by Crippen LogP contribution is -2.07. The minimum absolute atomic E-state index is 0.181. The van der Waals surface area contributed by atoms with Gasteiger partial charge in [-0.2, -0.15) is 0 Å².